The number of nitrogens with zero attached hydrogens (tertiary/aromatic N) is 2. The van der Waals surface area contributed by atoms with Crippen molar-refractivity contribution in [2.45, 2.75) is 6.42 Å². The van der Waals surface area contributed by atoms with E-state index in [1.165, 1.54) is 0 Å². The molecule has 7 heteroatoms. The molecule has 2 heterocycles. The van der Waals surface area contributed by atoms with Crippen LogP contribution < -0.4 is 15.4 Å². The quantitative estimate of drug-likeness (QED) is 0.614. The highest BCUT2D eigenvalue weighted by atomic mass is 127. The Hall–Kier alpha value is -0.760. The van der Waals surface area contributed by atoms with E-state index in [-0.39, 0.29) is 24.0 Å². The topological polar surface area (TPSA) is 58.5 Å². The van der Waals surface area contributed by atoms with Crippen LogP contribution in [0.25, 0.3) is 0 Å². The molecular formula is C11H16ClIN4O. The number of ether oxygens (including phenoxy) is 1. The third-order valence-electron chi connectivity index (χ3n) is 2.24. The molecule has 0 saturated heterocycles. The van der Waals surface area contributed by atoms with E-state index in [2.05, 4.69) is 20.6 Å². The number of rotatable bonds is 4. The van der Waals surface area contributed by atoms with E-state index in [1.54, 1.807) is 18.3 Å². The SMILES string of the molecule is Clc1ccc(OCCNC2=NCCCN2)nc1.I. The fourth-order valence-corrected chi connectivity index (χ4v) is 1.54. The molecule has 2 rings (SSSR count). The largest absolute Gasteiger partial charge is 0.476 e. The van der Waals surface area contributed by atoms with Gasteiger partial charge in [0.1, 0.15) is 6.61 Å². The molecule has 1 aromatic rings. The third-order valence-corrected chi connectivity index (χ3v) is 2.47. The van der Waals surface area contributed by atoms with Gasteiger partial charge >= 0.3 is 0 Å². The summed E-state index contributed by atoms with van der Waals surface area (Å²) in [6, 6.07) is 3.50. The van der Waals surface area contributed by atoms with E-state index in [4.69, 9.17) is 16.3 Å². The van der Waals surface area contributed by atoms with Gasteiger partial charge in [0.25, 0.3) is 0 Å². The Morgan fingerprint density at radius 1 is 1.44 bits per heavy atom. The number of hydrogen-bond acceptors (Lipinski definition) is 5. The van der Waals surface area contributed by atoms with Gasteiger partial charge in [-0.25, -0.2) is 4.98 Å². The van der Waals surface area contributed by atoms with Crippen molar-refractivity contribution < 1.29 is 4.74 Å². The monoisotopic (exact) mass is 382 g/mol. The van der Waals surface area contributed by atoms with Gasteiger partial charge in [-0.15, -0.1) is 24.0 Å². The van der Waals surface area contributed by atoms with Crippen LogP contribution in [0.5, 0.6) is 5.88 Å². The van der Waals surface area contributed by atoms with Crippen molar-refractivity contribution in [2.75, 3.05) is 26.2 Å². The maximum absolute atomic E-state index is 5.72. The number of halogens is 2. The van der Waals surface area contributed by atoms with Crippen LogP contribution in [0, 0.1) is 0 Å². The fraction of sp³-hybridized carbons (Fsp3) is 0.455. The summed E-state index contributed by atoms with van der Waals surface area (Å²) in [5.74, 6) is 1.43. The summed E-state index contributed by atoms with van der Waals surface area (Å²) in [7, 11) is 0. The number of pyridine rings is 1. The van der Waals surface area contributed by atoms with Crippen LogP contribution in [-0.2, 0) is 0 Å². The molecule has 0 atom stereocenters. The van der Waals surface area contributed by atoms with Crippen LogP contribution in [0.1, 0.15) is 6.42 Å². The first kappa shape index (κ1) is 15.3. The Morgan fingerprint density at radius 3 is 3.00 bits per heavy atom. The van der Waals surface area contributed by atoms with Crippen molar-refractivity contribution >= 4 is 41.5 Å². The number of aliphatic imine (C=N–C) groups is 1. The van der Waals surface area contributed by atoms with Crippen molar-refractivity contribution in [1.29, 1.82) is 0 Å². The molecule has 100 valence electrons. The normalized spacial score (nSPS) is 13.9. The average molecular weight is 383 g/mol. The lowest BCUT2D eigenvalue weighted by molar-refractivity contribution is 0.309. The van der Waals surface area contributed by atoms with Gasteiger partial charge in [-0.3, -0.25) is 4.99 Å². The van der Waals surface area contributed by atoms with Gasteiger partial charge in [0.15, 0.2) is 5.96 Å². The van der Waals surface area contributed by atoms with Gasteiger partial charge in [-0.2, -0.15) is 0 Å². The van der Waals surface area contributed by atoms with Crippen LogP contribution in [-0.4, -0.2) is 37.2 Å². The van der Waals surface area contributed by atoms with E-state index in [1.807, 2.05) is 0 Å². The minimum Gasteiger partial charge on any atom is -0.476 e. The van der Waals surface area contributed by atoms with Gasteiger partial charge < -0.3 is 15.4 Å². The minimum atomic E-state index is 0. The molecule has 0 aliphatic carbocycles. The maximum Gasteiger partial charge on any atom is 0.213 e. The summed E-state index contributed by atoms with van der Waals surface area (Å²) >= 11 is 5.72. The molecule has 1 aliphatic rings. The van der Waals surface area contributed by atoms with Gasteiger partial charge in [-0.05, 0) is 12.5 Å². The van der Waals surface area contributed by atoms with Crippen molar-refractivity contribution in [3.05, 3.63) is 23.4 Å². The predicted octanol–water partition coefficient (Wildman–Crippen LogP) is 1.67. The second-order valence-corrected chi connectivity index (χ2v) is 4.04. The average Bonchev–Trinajstić information content (AvgIpc) is 2.38. The van der Waals surface area contributed by atoms with E-state index in [0.717, 1.165) is 25.5 Å². The summed E-state index contributed by atoms with van der Waals surface area (Å²) in [6.07, 6.45) is 2.66. The molecular weight excluding hydrogens is 367 g/mol. The molecule has 1 aliphatic heterocycles. The Bertz CT molecular complexity index is 385. The lowest BCUT2D eigenvalue weighted by Gasteiger charge is -2.15. The molecule has 0 bridgehead atoms. The van der Waals surface area contributed by atoms with Crippen LogP contribution in [0.2, 0.25) is 5.02 Å². The standard InChI is InChI=1S/C11H15ClN4O.HI/c12-9-2-3-10(16-8-9)17-7-6-15-11-13-4-1-5-14-11;/h2-3,8H,1,4-7H2,(H2,13,14,15);1H. The van der Waals surface area contributed by atoms with Crippen LogP contribution in [0.3, 0.4) is 0 Å². The first-order valence-electron chi connectivity index (χ1n) is 5.61. The van der Waals surface area contributed by atoms with Crippen LogP contribution >= 0.6 is 35.6 Å². The Labute approximate surface area is 128 Å². The van der Waals surface area contributed by atoms with Crippen molar-refractivity contribution in [2.24, 2.45) is 4.99 Å². The van der Waals surface area contributed by atoms with Crippen LogP contribution in [0.4, 0.5) is 0 Å². The summed E-state index contributed by atoms with van der Waals surface area (Å²) in [5.41, 5.74) is 0. The van der Waals surface area contributed by atoms with E-state index < -0.39 is 0 Å². The smallest absolute Gasteiger partial charge is 0.213 e. The zero-order valence-electron chi connectivity index (χ0n) is 9.86. The molecule has 0 fully saturated rings. The summed E-state index contributed by atoms with van der Waals surface area (Å²) in [4.78, 5) is 8.33. The van der Waals surface area contributed by atoms with Gasteiger partial charge in [-0.1, -0.05) is 11.6 Å². The summed E-state index contributed by atoms with van der Waals surface area (Å²) in [5, 5.41) is 6.95. The lowest BCUT2D eigenvalue weighted by atomic mass is 10.4. The van der Waals surface area contributed by atoms with Crippen molar-refractivity contribution in [3.63, 3.8) is 0 Å². The van der Waals surface area contributed by atoms with Crippen LogP contribution in [0.15, 0.2) is 23.3 Å². The zero-order chi connectivity index (χ0) is 11.9. The number of guanidine groups is 1. The summed E-state index contributed by atoms with van der Waals surface area (Å²) in [6.45, 7) is 3.09. The molecule has 0 amide bonds. The van der Waals surface area contributed by atoms with Gasteiger partial charge in [0.05, 0.1) is 11.6 Å². The molecule has 0 spiro atoms. The molecule has 5 nitrogen and oxygen atoms in total. The molecule has 0 radical (unpaired) electrons. The maximum atomic E-state index is 5.72. The van der Waals surface area contributed by atoms with Gasteiger partial charge in [0.2, 0.25) is 5.88 Å². The number of aromatic nitrogens is 1. The van der Waals surface area contributed by atoms with E-state index in [0.29, 0.717) is 24.1 Å². The van der Waals surface area contributed by atoms with Gasteiger partial charge in [0, 0.05) is 25.4 Å². The van der Waals surface area contributed by atoms with E-state index in [9.17, 15) is 0 Å². The van der Waals surface area contributed by atoms with E-state index >= 15 is 0 Å². The highest BCUT2D eigenvalue weighted by Gasteiger charge is 2.02. The third kappa shape index (κ3) is 5.26. The number of nitrogens with one attached hydrogen (secondary N) is 2. The first-order valence-corrected chi connectivity index (χ1v) is 5.99. The second kappa shape index (κ2) is 8.36. The predicted molar refractivity (Wildman–Crippen MR) is 83.1 cm³/mol. The number of hydrogen-bond donors (Lipinski definition) is 2. The van der Waals surface area contributed by atoms with Crippen molar-refractivity contribution in [1.82, 2.24) is 15.6 Å². The molecule has 0 unspecified atom stereocenters. The second-order valence-electron chi connectivity index (χ2n) is 3.60. The Balaban J connectivity index is 0.00000162. The highest BCUT2D eigenvalue weighted by Crippen LogP contribution is 2.10. The fourth-order valence-electron chi connectivity index (χ4n) is 1.42. The molecule has 18 heavy (non-hydrogen) atoms. The zero-order valence-corrected chi connectivity index (χ0v) is 12.9. The Morgan fingerprint density at radius 2 is 2.33 bits per heavy atom. The summed E-state index contributed by atoms with van der Waals surface area (Å²) < 4.78 is 5.44. The Kier molecular flexibility index (Phi) is 7.11. The molecule has 1 aromatic heterocycles. The molecule has 0 saturated carbocycles. The molecule has 0 aromatic carbocycles. The lowest BCUT2D eigenvalue weighted by Crippen LogP contribution is -2.42. The molecule has 2 N–H and O–H groups in total. The first-order chi connectivity index (χ1) is 8.34. The minimum absolute atomic E-state index is 0. The van der Waals surface area contributed by atoms with Crippen molar-refractivity contribution in [3.8, 4) is 5.88 Å². The highest BCUT2D eigenvalue weighted by molar-refractivity contribution is 14.0.